The zero-order valence-electron chi connectivity index (χ0n) is 18.2. The van der Waals surface area contributed by atoms with Gasteiger partial charge >= 0.3 is 5.97 Å². The van der Waals surface area contributed by atoms with Crippen LogP contribution in [0.2, 0.25) is 0 Å². The van der Waals surface area contributed by atoms with Crippen molar-refractivity contribution in [3.63, 3.8) is 0 Å². The number of anilines is 1. The number of nitrogens with zero attached hydrogens (tertiary/aromatic N) is 4. The number of carbonyl (C=O) groups excluding carboxylic acids is 1. The largest absolute Gasteiger partial charge is 0.463 e. The van der Waals surface area contributed by atoms with Gasteiger partial charge in [0.2, 0.25) is 0 Å². The second-order valence-corrected chi connectivity index (χ2v) is 8.71. The van der Waals surface area contributed by atoms with Gasteiger partial charge in [0.15, 0.2) is 28.9 Å². The molecule has 9 nitrogen and oxygen atoms in total. The fourth-order valence-electron chi connectivity index (χ4n) is 4.58. The van der Waals surface area contributed by atoms with Crippen LogP contribution >= 0.6 is 0 Å². The number of nitrogens with one attached hydrogen (secondary N) is 1. The molecule has 1 aliphatic carbocycles. The SMILES string of the molecule is CNc1nc(C)nc2c1ncn2[C@@H]1O[C@H](COC(=O)CC2CCCCC2)[C@@H](O)[C@@]1(C)F. The first-order valence-corrected chi connectivity index (χ1v) is 10.9. The van der Waals surface area contributed by atoms with Crippen molar-refractivity contribution in [3.05, 3.63) is 12.2 Å². The lowest BCUT2D eigenvalue weighted by Gasteiger charge is -2.24. The van der Waals surface area contributed by atoms with E-state index in [0.717, 1.165) is 25.7 Å². The molecule has 4 atom stereocenters. The van der Waals surface area contributed by atoms with Crippen molar-refractivity contribution in [3.8, 4) is 0 Å². The third kappa shape index (κ3) is 4.23. The van der Waals surface area contributed by atoms with E-state index in [9.17, 15) is 9.90 Å². The normalized spacial score (nSPS) is 29.4. The van der Waals surface area contributed by atoms with Gasteiger partial charge in [-0.1, -0.05) is 19.3 Å². The van der Waals surface area contributed by atoms with E-state index in [1.165, 1.54) is 24.2 Å². The highest BCUT2D eigenvalue weighted by molar-refractivity contribution is 5.83. The quantitative estimate of drug-likeness (QED) is 0.666. The highest BCUT2D eigenvalue weighted by Gasteiger charge is 2.55. The fraction of sp³-hybridized carbons (Fsp3) is 0.714. The van der Waals surface area contributed by atoms with Gasteiger partial charge in [0.05, 0.1) is 6.33 Å². The molecule has 2 aliphatic rings. The summed E-state index contributed by atoms with van der Waals surface area (Å²) in [5, 5.41) is 13.5. The summed E-state index contributed by atoms with van der Waals surface area (Å²) in [6, 6.07) is 0. The Labute approximate surface area is 180 Å². The van der Waals surface area contributed by atoms with Crippen LogP contribution < -0.4 is 5.32 Å². The number of fused-ring (bicyclic) bond motifs is 1. The molecule has 2 fully saturated rings. The highest BCUT2D eigenvalue weighted by Crippen LogP contribution is 2.42. The summed E-state index contributed by atoms with van der Waals surface area (Å²) in [5.41, 5.74) is -1.26. The molecule has 0 radical (unpaired) electrons. The standard InChI is InChI=1S/C21H30FN5O4/c1-12-25-18(23-3)16-19(26-12)27(11-24-16)20-21(2,22)17(29)14(31-20)10-30-15(28)9-13-7-5-4-6-8-13/h11,13-14,17,20,29H,4-10H2,1-3H3,(H,23,25,26)/t14-,17-,20-,21-/m1/s1. The van der Waals surface area contributed by atoms with Crippen LogP contribution in [-0.4, -0.2) is 62.1 Å². The molecule has 170 valence electrons. The number of hydrogen-bond donors (Lipinski definition) is 2. The van der Waals surface area contributed by atoms with Crippen molar-refractivity contribution in [2.75, 3.05) is 19.0 Å². The van der Waals surface area contributed by atoms with Gasteiger partial charge in [-0.25, -0.2) is 19.3 Å². The van der Waals surface area contributed by atoms with Crippen molar-refractivity contribution in [2.24, 2.45) is 5.92 Å². The number of aromatic nitrogens is 4. The van der Waals surface area contributed by atoms with E-state index in [1.807, 2.05) is 0 Å². The summed E-state index contributed by atoms with van der Waals surface area (Å²) >= 11 is 0. The van der Waals surface area contributed by atoms with Crippen molar-refractivity contribution in [1.82, 2.24) is 19.5 Å². The summed E-state index contributed by atoms with van der Waals surface area (Å²) in [6.07, 6.45) is 3.71. The molecule has 2 aromatic rings. The van der Waals surface area contributed by atoms with Crippen molar-refractivity contribution >= 4 is 23.0 Å². The molecule has 1 saturated carbocycles. The molecule has 4 rings (SSSR count). The second-order valence-electron chi connectivity index (χ2n) is 8.71. The van der Waals surface area contributed by atoms with Crippen molar-refractivity contribution < 1.29 is 23.8 Å². The van der Waals surface area contributed by atoms with Crippen molar-refractivity contribution in [1.29, 1.82) is 0 Å². The molecule has 1 aliphatic heterocycles. The minimum atomic E-state index is -2.13. The zero-order chi connectivity index (χ0) is 22.2. The van der Waals surface area contributed by atoms with E-state index in [4.69, 9.17) is 9.47 Å². The Morgan fingerprint density at radius 3 is 2.84 bits per heavy atom. The molecular weight excluding hydrogens is 405 g/mol. The molecule has 31 heavy (non-hydrogen) atoms. The Bertz CT molecular complexity index is 943. The molecular formula is C21H30FN5O4. The fourth-order valence-corrected chi connectivity index (χ4v) is 4.58. The molecule has 0 bridgehead atoms. The Morgan fingerprint density at radius 1 is 1.39 bits per heavy atom. The van der Waals surface area contributed by atoms with Crippen LogP contribution in [0.3, 0.4) is 0 Å². The number of aryl methyl sites for hydroxylation is 1. The lowest BCUT2D eigenvalue weighted by molar-refractivity contribution is -0.151. The molecule has 1 saturated heterocycles. The van der Waals surface area contributed by atoms with Crippen LogP contribution in [0.15, 0.2) is 6.33 Å². The molecule has 0 unspecified atom stereocenters. The molecule has 0 aromatic carbocycles. The number of rotatable bonds is 6. The van der Waals surface area contributed by atoms with Crippen LogP contribution in [0.1, 0.15) is 57.5 Å². The maximum Gasteiger partial charge on any atom is 0.306 e. The number of aliphatic hydroxyl groups excluding tert-OH is 1. The summed E-state index contributed by atoms with van der Waals surface area (Å²) in [5.74, 6) is 1.03. The Balaban J connectivity index is 1.47. The number of aliphatic hydroxyl groups is 1. The average Bonchev–Trinajstić information content (AvgIpc) is 3.25. The van der Waals surface area contributed by atoms with E-state index in [2.05, 4.69) is 20.3 Å². The monoisotopic (exact) mass is 435 g/mol. The maximum atomic E-state index is 15.6. The van der Waals surface area contributed by atoms with Crippen LogP contribution in [0, 0.1) is 12.8 Å². The summed E-state index contributed by atoms with van der Waals surface area (Å²) in [6.45, 7) is 2.79. The number of esters is 1. The van der Waals surface area contributed by atoms with Gasteiger partial charge in [-0.3, -0.25) is 9.36 Å². The second kappa shape index (κ2) is 8.66. The molecule has 0 spiro atoms. The molecule has 3 heterocycles. The molecule has 2 aromatic heterocycles. The van der Waals surface area contributed by atoms with Gasteiger partial charge in [0, 0.05) is 13.5 Å². The maximum absolute atomic E-state index is 15.6. The molecule has 0 amide bonds. The van der Waals surface area contributed by atoms with Gasteiger partial charge in [0.1, 0.15) is 24.6 Å². The predicted octanol–water partition coefficient (Wildman–Crippen LogP) is 2.68. The van der Waals surface area contributed by atoms with Gasteiger partial charge in [-0.15, -0.1) is 0 Å². The van der Waals surface area contributed by atoms with Gasteiger partial charge in [-0.05, 0) is 32.6 Å². The van der Waals surface area contributed by atoms with E-state index in [-0.39, 0.29) is 12.6 Å². The highest BCUT2D eigenvalue weighted by atomic mass is 19.1. The summed E-state index contributed by atoms with van der Waals surface area (Å²) < 4.78 is 28.2. The van der Waals surface area contributed by atoms with Crippen molar-refractivity contribution in [2.45, 2.75) is 76.5 Å². The molecule has 10 heteroatoms. The van der Waals surface area contributed by atoms with Gasteiger partial charge < -0.3 is 19.9 Å². The van der Waals surface area contributed by atoms with E-state index in [1.54, 1.807) is 14.0 Å². The van der Waals surface area contributed by atoms with Crippen LogP contribution in [0.25, 0.3) is 11.2 Å². The lowest BCUT2D eigenvalue weighted by atomic mass is 9.87. The third-order valence-corrected chi connectivity index (χ3v) is 6.33. The summed E-state index contributed by atoms with van der Waals surface area (Å²) in [7, 11) is 1.72. The number of carbonyl (C=O) groups is 1. The lowest BCUT2D eigenvalue weighted by Crippen LogP contribution is -2.41. The number of hydrogen-bond acceptors (Lipinski definition) is 8. The Hall–Kier alpha value is -2.33. The van der Waals surface area contributed by atoms with Crippen LogP contribution in [-0.2, 0) is 14.3 Å². The smallest absolute Gasteiger partial charge is 0.306 e. The minimum Gasteiger partial charge on any atom is -0.463 e. The van der Waals surface area contributed by atoms with Crippen LogP contribution in [0.4, 0.5) is 10.2 Å². The number of halogens is 1. The predicted molar refractivity (Wildman–Crippen MR) is 111 cm³/mol. The third-order valence-electron chi connectivity index (χ3n) is 6.33. The van der Waals surface area contributed by atoms with Gasteiger partial charge in [0.25, 0.3) is 0 Å². The average molecular weight is 436 g/mol. The van der Waals surface area contributed by atoms with E-state index < -0.39 is 24.1 Å². The zero-order valence-corrected chi connectivity index (χ0v) is 18.2. The number of ether oxygens (including phenoxy) is 2. The minimum absolute atomic E-state index is 0.203. The molecule has 2 N–H and O–H groups in total. The van der Waals surface area contributed by atoms with Crippen LogP contribution in [0.5, 0.6) is 0 Å². The first kappa shape index (κ1) is 21.9. The van der Waals surface area contributed by atoms with E-state index >= 15 is 4.39 Å². The first-order chi connectivity index (χ1) is 14.8. The number of imidazole rings is 1. The van der Waals surface area contributed by atoms with E-state index in [0.29, 0.717) is 35.1 Å². The number of alkyl halides is 1. The summed E-state index contributed by atoms with van der Waals surface area (Å²) in [4.78, 5) is 25.2. The Kier molecular flexibility index (Phi) is 6.11. The Morgan fingerprint density at radius 2 is 2.13 bits per heavy atom. The first-order valence-electron chi connectivity index (χ1n) is 10.9. The van der Waals surface area contributed by atoms with Gasteiger partial charge in [-0.2, -0.15) is 0 Å². The topological polar surface area (TPSA) is 111 Å².